The molecule has 0 aromatic heterocycles. The number of carbonyl (C=O) groups excluding carboxylic acids is 1. The van der Waals surface area contributed by atoms with Crippen LogP contribution in [0.2, 0.25) is 0 Å². The third-order valence-electron chi connectivity index (χ3n) is 6.62. The van der Waals surface area contributed by atoms with Crippen molar-refractivity contribution in [2.24, 2.45) is 5.92 Å². The lowest BCUT2D eigenvalue weighted by molar-refractivity contribution is -0.224. The fourth-order valence-corrected chi connectivity index (χ4v) is 5.16. The fourth-order valence-electron chi connectivity index (χ4n) is 5.16. The number of aliphatic hydroxyl groups is 2. The number of hydrogen-bond acceptors (Lipinski definition) is 5. The molecule has 0 radical (unpaired) electrons. The predicted molar refractivity (Wildman–Crippen MR) is 105 cm³/mol. The van der Waals surface area contributed by atoms with Gasteiger partial charge in [0, 0.05) is 41.0 Å². The second kappa shape index (κ2) is 5.82. The van der Waals surface area contributed by atoms with Gasteiger partial charge in [0.2, 0.25) is 11.4 Å². The third-order valence-corrected chi connectivity index (χ3v) is 6.62. The first-order valence-corrected chi connectivity index (χ1v) is 10.1. The quantitative estimate of drug-likeness (QED) is 0.838. The molecular weight excluding hydrogens is 354 g/mol. The summed E-state index contributed by atoms with van der Waals surface area (Å²) in [6.45, 7) is 5.44. The molecule has 5 rings (SSSR count). The van der Waals surface area contributed by atoms with E-state index in [2.05, 4.69) is 18.7 Å². The van der Waals surface area contributed by atoms with E-state index in [1.165, 1.54) is 6.42 Å². The molecule has 3 aliphatic rings. The van der Waals surface area contributed by atoms with Crippen molar-refractivity contribution in [2.45, 2.75) is 50.5 Å². The van der Waals surface area contributed by atoms with Gasteiger partial charge in [0.05, 0.1) is 0 Å². The number of carbonyl (C=O) groups is 1. The van der Waals surface area contributed by atoms with Crippen molar-refractivity contribution < 1.29 is 19.7 Å². The van der Waals surface area contributed by atoms with Crippen LogP contribution in [0, 0.1) is 5.92 Å². The number of nitrogens with zero attached hydrogens (tertiary/aromatic N) is 1. The highest BCUT2D eigenvalue weighted by Gasteiger charge is 2.70. The summed E-state index contributed by atoms with van der Waals surface area (Å²) in [6.07, 6.45) is 3.52. The molecule has 0 bridgehead atoms. The Bertz CT molecular complexity index is 971. The lowest BCUT2D eigenvalue weighted by atomic mass is 9.86. The second-order valence-corrected chi connectivity index (χ2v) is 8.51. The van der Waals surface area contributed by atoms with Gasteiger partial charge in [-0.3, -0.25) is 4.79 Å². The number of piperidine rings is 1. The first-order chi connectivity index (χ1) is 13.4. The summed E-state index contributed by atoms with van der Waals surface area (Å²) >= 11 is 0. The summed E-state index contributed by atoms with van der Waals surface area (Å²) in [4.78, 5) is 15.4. The van der Waals surface area contributed by atoms with Crippen LogP contribution in [0.25, 0.3) is 0 Å². The maximum absolute atomic E-state index is 13.0. The Hall–Kier alpha value is -2.37. The number of anilines is 1. The van der Waals surface area contributed by atoms with Crippen LogP contribution in [-0.2, 0) is 11.4 Å². The zero-order valence-electron chi connectivity index (χ0n) is 16.2. The molecule has 5 heteroatoms. The second-order valence-electron chi connectivity index (χ2n) is 8.51. The van der Waals surface area contributed by atoms with E-state index in [4.69, 9.17) is 4.74 Å². The highest BCUT2D eigenvalue weighted by molar-refractivity contribution is 6.09. The minimum Gasteiger partial charge on any atom is -0.454 e. The van der Waals surface area contributed by atoms with E-state index in [0.717, 1.165) is 25.1 Å². The molecule has 3 atom stereocenters. The molecule has 0 spiro atoms. The molecule has 1 saturated heterocycles. The van der Waals surface area contributed by atoms with Crippen LogP contribution in [0.5, 0.6) is 5.75 Å². The molecule has 1 fully saturated rings. The molecule has 2 aromatic rings. The summed E-state index contributed by atoms with van der Waals surface area (Å²) in [6, 6.07) is 12.7. The van der Waals surface area contributed by atoms with Crippen molar-refractivity contribution in [3.8, 4) is 5.75 Å². The first-order valence-electron chi connectivity index (χ1n) is 10.1. The summed E-state index contributed by atoms with van der Waals surface area (Å²) in [5, 5.41) is 22.6. The minimum absolute atomic E-state index is 0.304. The molecule has 0 saturated carbocycles. The molecule has 0 amide bonds. The van der Waals surface area contributed by atoms with E-state index in [9.17, 15) is 15.0 Å². The molecule has 146 valence electrons. The normalized spacial score (nSPS) is 30.8. The molecule has 3 unspecified atom stereocenters. The van der Waals surface area contributed by atoms with Crippen molar-refractivity contribution in [2.75, 3.05) is 11.4 Å². The van der Waals surface area contributed by atoms with Crippen molar-refractivity contribution in [3.63, 3.8) is 0 Å². The average molecular weight is 379 g/mol. The zero-order chi connectivity index (χ0) is 19.7. The highest BCUT2D eigenvalue weighted by Crippen LogP contribution is 2.58. The Kier molecular flexibility index (Phi) is 3.68. The molecule has 2 aliphatic heterocycles. The van der Waals surface area contributed by atoms with E-state index in [-0.39, 0.29) is 0 Å². The molecular formula is C23H25NO4. The fraction of sp³-hybridized carbons (Fsp3) is 0.435. The maximum Gasteiger partial charge on any atom is 0.276 e. The van der Waals surface area contributed by atoms with Crippen molar-refractivity contribution >= 4 is 11.5 Å². The number of Topliss-reactive ketones (excluding diaryl/α,β-unsaturated/α-hetero) is 1. The standard InChI is InChI=1S/C23H25NO4/c1-14(2)19-9-5-6-12-24(19)15-10-11-18-20(13-15)28-23(27)17-8-4-3-7-16(17)21(25)22(18,23)26/h3-4,7-8,10-11,13-14,19,26-27H,5-6,9,12H2,1-2H3. The number of rotatable bonds is 2. The largest absolute Gasteiger partial charge is 0.454 e. The van der Waals surface area contributed by atoms with Gasteiger partial charge in [0.1, 0.15) is 5.75 Å². The van der Waals surface area contributed by atoms with Crippen LogP contribution in [0.1, 0.15) is 54.6 Å². The lowest BCUT2D eigenvalue weighted by Crippen LogP contribution is -2.48. The van der Waals surface area contributed by atoms with E-state index < -0.39 is 17.2 Å². The monoisotopic (exact) mass is 379 g/mol. The van der Waals surface area contributed by atoms with Crippen molar-refractivity contribution in [1.29, 1.82) is 0 Å². The SMILES string of the molecule is CC(C)C1CCCCN1c1ccc2c(c1)OC1(O)c3ccccc3C(=O)C21O. The smallest absolute Gasteiger partial charge is 0.276 e. The predicted octanol–water partition coefficient (Wildman–Crippen LogP) is 3.32. The van der Waals surface area contributed by atoms with E-state index in [1.54, 1.807) is 30.3 Å². The van der Waals surface area contributed by atoms with Crippen LogP contribution >= 0.6 is 0 Å². The number of benzene rings is 2. The Morgan fingerprint density at radius 3 is 2.68 bits per heavy atom. The van der Waals surface area contributed by atoms with Crippen LogP contribution < -0.4 is 9.64 Å². The van der Waals surface area contributed by atoms with Gasteiger partial charge < -0.3 is 19.8 Å². The van der Waals surface area contributed by atoms with Gasteiger partial charge in [0.15, 0.2) is 0 Å². The zero-order valence-corrected chi connectivity index (χ0v) is 16.2. The molecule has 2 N–H and O–H groups in total. The molecule has 1 aliphatic carbocycles. The lowest BCUT2D eigenvalue weighted by Gasteiger charge is -2.40. The molecule has 2 heterocycles. The molecule has 5 nitrogen and oxygen atoms in total. The summed E-state index contributed by atoms with van der Waals surface area (Å²) in [7, 11) is 0. The van der Waals surface area contributed by atoms with E-state index in [0.29, 0.717) is 34.4 Å². The van der Waals surface area contributed by atoms with Gasteiger partial charge in [0.25, 0.3) is 5.79 Å². The Morgan fingerprint density at radius 2 is 1.89 bits per heavy atom. The topological polar surface area (TPSA) is 70.0 Å². The van der Waals surface area contributed by atoms with Gasteiger partial charge >= 0.3 is 0 Å². The van der Waals surface area contributed by atoms with Gasteiger partial charge in [-0.15, -0.1) is 0 Å². The van der Waals surface area contributed by atoms with Crippen LogP contribution in [0.15, 0.2) is 42.5 Å². The number of hydrogen-bond donors (Lipinski definition) is 2. The van der Waals surface area contributed by atoms with Gasteiger partial charge in [-0.05, 0) is 37.3 Å². The Balaban J connectivity index is 1.59. The number of fused-ring (bicyclic) bond motifs is 5. The number of ether oxygens (including phenoxy) is 1. The maximum atomic E-state index is 13.0. The van der Waals surface area contributed by atoms with Gasteiger partial charge in [-0.1, -0.05) is 38.1 Å². The van der Waals surface area contributed by atoms with E-state index in [1.807, 2.05) is 12.1 Å². The first kappa shape index (κ1) is 17.7. The van der Waals surface area contributed by atoms with E-state index >= 15 is 0 Å². The summed E-state index contributed by atoms with van der Waals surface area (Å²) in [5.74, 6) is -1.70. The van der Waals surface area contributed by atoms with Gasteiger partial charge in [-0.25, -0.2) is 0 Å². The van der Waals surface area contributed by atoms with Crippen LogP contribution in [0.3, 0.4) is 0 Å². The van der Waals surface area contributed by atoms with Crippen LogP contribution in [0.4, 0.5) is 5.69 Å². The summed E-state index contributed by atoms with van der Waals surface area (Å²) < 4.78 is 5.90. The minimum atomic E-state index is -2.11. The Labute approximate surface area is 164 Å². The molecule has 2 aromatic carbocycles. The van der Waals surface area contributed by atoms with Crippen molar-refractivity contribution in [3.05, 3.63) is 59.2 Å². The van der Waals surface area contributed by atoms with Gasteiger partial charge in [-0.2, -0.15) is 0 Å². The van der Waals surface area contributed by atoms with Crippen LogP contribution in [-0.4, -0.2) is 28.6 Å². The average Bonchev–Trinajstić information content (AvgIpc) is 3.04. The highest BCUT2D eigenvalue weighted by atomic mass is 16.7. The Morgan fingerprint density at radius 1 is 1.11 bits per heavy atom. The summed E-state index contributed by atoms with van der Waals surface area (Å²) in [5.41, 5.74) is -0.149. The molecule has 28 heavy (non-hydrogen) atoms. The number of ketones is 1. The third kappa shape index (κ3) is 2.06. The van der Waals surface area contributed by atoms with Crippen molar-refractivity contribution in [1.82, 2.24) is 0 Å².